The minimum absolute atomic E-state index is 0.298. The summed E-state index contributed by atoms with van der Waals surface area (Å²) in [6, 6.07) is 13.4. The Morgan fingerprint density at radius 2 is 2.00 bits per heavy atom. The second kappa shape index (κ2) is 5.20. The summed E-state index contributed by atoms with van der Waals surface area (Å²) in [5.41, 5.74) is 1.18. The number of halogens is 1. The summed E-state index contributed by atoms with van der Waals surface area (Å²) < 4.78 is 12.4. The molecule has 0 aliphatic heterocycles. The van der Waals surface area contributed by atoms with E-state index in [-0.39, 0.29) is 0 Å². The quantitative estimate of drug-likeness (QED) is 0.723. The maximum atomic E-state index is 5.67. The van der Waals surface area contributed by atoms with Crippen molar-refractivity contribution in [1.82, 2.24) is 9.78 Å². The molecule has 0 spiro atoms. The molecule has 4 nitrogen and oxygen atoms in total. The first-order chi connectivity index (χ1) is 9.29. The zero-order valence-corrected chi connectivity index (χ0v) is 10.7. The Labute approximate surface area is 115 Å². The van der Waals surface area contributed by atoms with E-state index in [1.807, 2.05) is 24.4 Å². The predicted octanol–water partition coefficient (Wildman–Crippen LogP) is 3.97. The van der Waals surface area contributed by atoms with Crippen LogP contribution in [-0.2, 0) is 6.54 Å². The van der Waals surface area contributed by atoms with Crippen LogP contribution in [0.1, 0.15) is 5.56 Å². The summed E-state index contributed by atoms with van der Waals surface area (Å²) in [5, 5.41) is 4.53. The van der Waals surface area contributed by atoms with Crippen molar-refractivity contribution in [2.75, 3.05) is 0 Å². The van der Waals surface area contributed by atoms with E-state index in [4.69, 9.17) is 20.8 Å². The van der Waals surface area contributed by atoms with E-state index < -0.39 is 0 Å². The highest BCUT2D eigenvalue weighted by molar-refractivity contribution is 6.28. The normalized spacial score (nSPS) is 10.6. The van der Waals surface area contributed by atoms with Crippen LogP contribution in [0, 0.1) is 0 Å². The van der Waals surface area contributed by atoms with Crippen LogP contribution >= 0.6 is 11.6 Å². The Morgan fingerprint density at radius 3 is 2.74 bits per heavy atom. The van der Waals surface area contributed by atoms with E-state index in [0.717, 1.165) is 0 Å². The third kappa shape index (κ3) is 2.98. The Hall–Kier alpha value is -2.20. The molecule has 19 heavy (non-hydrogen) atoms. The van der Waals surface area contributed by atoms with Gasteiger partial charge in [-0.1, -0.05) is 30.3 Å². The Bertz CT molecular complexity index is 661. The maximum absolute atomic E-state index is 5.67. The molecule has 0 saturated heterocycles. The first kappa shape index (κ1) is 11.9. The molecule has 0 saturated carbocycles. The third-order valence-electron chi connectivity index (χ3n) is 2.56. The largest absolute Gasteiger partial charge is 0.423 e. The summed E-state index contributed by atoms with van der Waals surface area (Å²) >= 11 is 5.67. The van der Waals surface area contributed by atoms with Crippen LogP contribution < -0.4 is 4.74 Å². The first-order valence-corrected chi connectivity index (χ1v) is 6.17. The molecule has 0 aliphatic rings. The van der Waals surface area contributed by atoms with E-state index in [0.29, 0.717) is 23.5 Å². The fourth-order valence-corrected chi connectivity index (χ4v) is 1.86. The fourth-order valence-electron chi connectivity index (χ4n) is 1.72. The van der Waals surface area contributed by atoms with Crippen LogP contribution in [0.4, 0.5) is 0 Å². The Morgan fingerprint density at radius 1 is 1.16 bits per heavy atom. The monoisotopic (exact) mass is 274 g/mol. The van der Waals surface area contributed by atoms with Crippen molar-refractivity contribution in [2.24, 2.45) is 0 Å². The van der Waals surface area contributed by atoms with E-state index in [2.05, 4.69) is 17.2 Å². The van der Waals surface area contributed by atoms with Gasteiger partial charge in [0.2, 0.25) is 0 Å². The fraction of sp³-hybridized carbons (Fsp3) is 0.0714. The summed E-state index contributed by atoms with van der Waals surface area (Å²) in [6.07, 6.45) is 3.45. The van der Waals surface area contributed by atoms with Crippen molar-refractivity contribution in [3.63, 3.8) is 0 Å². The highest BCUT2D eigenvalue weighted by Gasteiger charge is 2.05. The Balaban J connectivity index is 1.69. The minimum atomic E-state index is 0.298. The van der Waals surface area contributed by atoms with Crippen LogP contribution in [0.15, 0.2) is 59.3 Å². The Kier molecular flexibility index (Phi) is 3.25. The van der Waals surface area contributed by atoms with Crippen LogP contribution in [0.3, 0.4) is 0 Å². The van der Waals surface area contributed by atoms with E-state index in [1.165, 1.54) is 5.56 Å². The number of nitrogens with zero attached hydrogens (tertiary/aromatic N) is 2. The van der Waals surface area contributed by atoms with E-state index in [9.17, 15) is 0 Å². The van der Waals surface area contributed by atoms with Gasteiger partial charge in [-0.15, -0.1) is 0 Å². The van der Waals surface area contributed by atoms with Gasteiger partial charge < -0.3 is 9.15 Å². The van der Waals surface area contributed by atoms with E-state index in [1.54, 1.807) is 23.0 Å². The molecule has 2 heterocycles. The van der Waals surface area contributed by atoms with Crippen molar-refractivity contribution in [3.8, 4) is 11.7 Å². The first-order valence-electron chi connectivity index (χ1n) is 5.79. The molecule has 0 aliphatic carbocycles. The average Bonchev–Trinajstić information content (AvgIpc) is 3.01. The van der Waals surface area contributed by atoms with Gasteiger partial charge >= 0.3 is 0 Å². The lowest BCUT2D eigenvalue weighted by molar-refractivity contribution is 0.347. The predicted molar refractivity (Wildman–Crippen MR) is 71.6 cm³/mol. The summed E-state index contributed by atoms with van der Waals surface area (Å²) in [7, 11) is 0. The summed E-state index contributed by atoms with van der Waals surface area (Å²) in [5.74, 6) is 0.964. The molecule has 3 aromatic rings. The number of benzene rings is 1. The van der Waals surface area contributed by atoms with Crippen molar-refractivity contribution >= 4 is 11.6 Å². The SMILES string of the molecule is Clc1ccc(Oc2cnn(Cc3ccccc3)c2)o1. The number of ether oxygens (including phenoxy) is 1. The highest BCUT2D eigenvalue weighted by Crippen LogP contribution is 2.25. The second-order valence-corrected chi connectivity index (χ2v) is 4.39. The summed E-state index contributed by atoms with van der Waals surface area (Å²) in [6.45, 7) is 0.698. The van der Waals surface area contributed by atoms with Gasteiger partial charge in [-0.2, -0.15) is 5.10 Å². The standard InChI is InChI=1S/C14H11ClN2O2/c15-13-6-7-14(19-13)18-12-8-16-17(10-12)9-11-4-2-1-3-5-11/h1-8,10H,9H2. The third-order valence-corrected chi connectivity index (χ3v) is 2.77. The zero-order valence-electron chi connectivity index (χ0n) is 9.99. The lowest BCUT2D eigenvalue weighted by Gasteiger charge is -2.00. The van der Waals surface area contributed by atoms with Gasteiger partial charge in [0, 0.05) is 12.1 Å². The van der Waals surface area contributed by atoms with Gasteiger partial charge in [0.1, 0.15) is 0 Å². The molecule has 0 amide bonds. The number of rotatable bonds is 4. The number of aromatic nitrogens is 2. The van der Waals surface area contributed by atoms with Gasteiger partial charge in [-0.25, -0.2) is 0 Å². The topological polar surface area (TPSA) is 40.2 Å². The van der Waals surface area contributed by atoms with Crippen molar-refractivity contribution in [2.45, 2.75) is 6.54 Å². The van der Waals surface area contributed by atoms with Gasteiger partial charge in [-0.05, 0) is 17.2 Å². The number of hydrogen-bond acceptors (Lipinski definition) is 3. The number of hydrogen-bond donors (Lipinski definition) is 0. The molecule has 0 fully saturated rings. The van der Waals surface area contributed by atoms with Crippen LogP contribution in [0.5, 0.6) is 11.7 Å². The molecule has 3 rings (SSSR count). The molecule has 2 aromatic heterocycles. The molecule has 0 unspecified atom stereocenters. The van der Waals surface area contributed by atoms with Crippen molar-refractivity contribution < 1.29 is 9.15 Å². The lowest BCUT2D eigenvalue weighted by atomic mass is 10.2. The molecular formula is C14H11ClN2O2. The molecule has 0 atom stereocenters. The van der Waals surface area contributed by atoms with Gasteiger partial charge in [0.05, 0.1) is 18.9 Å². The van der Waals surface area contributed by atoms with Crippen LogP contribution in [-0.4, -0.2) is 9.78 Å². The average molecular weight is 275 g/mol. The molecule has 0 radical (unpaired) electrons. The zero-order chi connectivity index (χ0) is 13.1. The number of furan rings is 1. The van der Waals surface area contributed by atoms with Gasteiger partial charge in [-0.3, -0.25) is 4.68 Å². The molecule has 96 valence electrons. The minimum Gasteiger partial charge on any atom is -0.423 e. The molecular weight excluding hydrogens is 264 g/mol. The van der Waals surface area contributed by atoms with Crippen LogP contribution in [0.2, 0.25) is 5.22 Å². The van der Waals surface area contributed by atoms with Gasteiger partial charge in [0.25, 0.3) is 5.95 Å². The van der Waals surface area contributed by atoms with Crippen molar-refractivity contribution in [3.05, 3.63) is 65.6 Å². The molecule has 0 N–H and O–H groups in total. The van der Waals surface area contributed by atoms with E-state index >= 15 is 0 Å². The molecule has 5 heteroatoms. The highest BCUT2D eigenvalue weighted by atomic mass is 35.5. The lowest BCUT2D eigenvalue weighted by Crippen LogP contribution is -1.99. The molecule has 0 bridgehead atoms. The van der Waals surface area contributed by atoms with Crippen LogP contribution in [0.25, 0.3) is 0 Å². The second-order valence-electron chi connectivity index (χ2n) is 4.02. The summed E-state index contributed by atoms with van der Waals surface area (Å²) in [4.78, 5) is 0. The smallest absolute Gasteiger partial charge is 0.291 e. The van der Waals surface area contributed by atoms with Crippen molar-refractivity contribution in [1.29, 1.82) is 0 Å². The maximum Gasteiger partial charge on any atom is 0.291 e. The van der Waals surface area contributed by atoms with Gasteiger partial charge in [0.15, 0.2) is 11.0 Å². The molecule has 1 aromatic carbocycles.